The zero-order chi connectivity index (χ0) is 16.0. The van der Waals surface area contributed by atoms with Gasteiger partial charge in [-0.25, -0.2) is 4.98 Å². The summed E-state index contributed by atoms with van der Waals surface area (Å²) in [6, 6.07) is 0.409. The van der Waals surface area contributed by atoms with Crippen molar-refractivity contribution in [2.75, 3.05) is 22.6 Å². The lowest BCUT2D eigenvalue weighted by Crippen LogP contribution is -2.50. The summed E-state index contributed by atoms with van der Waals surface area (Å²) in [5.74, 6) is 1.59. The van der Waals surface area contributed by atoms with Gasteiger partial charge in [-0.05, 0) is 25.7 Å². The maximum absolute atomic E-state index is 12.3. The zero-order valence-corrected chi connectivity index (χ0v) is 16.0. The minimum absolute atomic E-state index is 0. The molecule has 1 fully saturated rings. The number of anilines is 3. The predicted octanol–water partition coefficient (Wildman–Crippen LogP) is 1.94. The molecule has 2 aliphatic rings. The molecule has 1 unspecified atom stereocenters. The number of nitrogens with two attached hydrogens (primary N) is 1. The first kappa shape index (κ1) is 20.7. The third kappa shape index (κ3) is 3.68. The van der Waals surface area contributed by atoms with Crippen molar-refractivity contribution in [2.45, 2.75) is 51.7 Å². The number of hydrogen-bond acceptors (Lipinski definition) is 6. The van der Waals surface area contributed by atoms with Crippen molar-refractivity contribution in [3.8, 4) is 0 Å². The van der Waals surface area contributed by atoms with Crippen molar-refractivity contribution in [3.63, 3.8) is 0 Å². The molecule has 136 valence electrons. The van der Waals surface area contributed by atoms with E-state index in [1.165, 1.54) is 0 Å². The van der Waals surface area contributed by atoms with E-state index >= 15 is 0 Å². The first-order valence-corrected chi connectivity index (χ1v) is 7.81. The molecule has 0 bridgehead atoms. The van der Waals surface area contributed by atoms with Gasteiger partial charge in [0.05, 0.1) is 5.69 Å². The van der Waals surface area contributed by atoms with Gasteiger partial charge >= 0.3 is 0 Å². The van der Waals surface area contributed by atoms with Gasteiger partial charge in [0.25, 0.3) is 0 Å². The highest BCUT2D eigenvalue weighted by Crippen LogP contribution is 2.34. The van der Waals surface area contributed by atoms with Crippen molar-refractivity contribution in [3.05, 3.63) is 5.69 Å². The summed E-state index contributed by atoms with van der Waals surface area (Å²) in [4.78, 5) is 23.3. The molecule has 0 aromatic carbocycles. The van der Waals surface area contributed by atoms with Crippen LogP contribution in [0.3, 0.4) is 0 Å². The van der Waals surface area contributed by atoms with Crippen LogP contribution >= 0.6 is 24.8 Å². The molecular formula is C15H26Cl2N6O. The van der Waals surface area contributed by atoms with Crippen LogP contribution in [0.4, 0.5) is 17.5 Å². The van der Waals surface area contributed by atoms with Gasteiger partial charge in [-0.1, -0.05) is 13.8 Å². The van der Waals surface area contributed by atoms with Crippen LogP contribution in [0.1, 0.15) is 32.4 Å². The number of aromatic nitrogens is 2. The van der Waals surface area contributed by atoms with Gasteiger partial charge in [0, 0.05) is 19.1 Å². The van der Waals surface area contributed by atoms with Crippen molar-refractivity contribution in [1.82, 2.24) is 9.97 Å². The van der Waals surface area contributed by atoms with Crippen LogP contribution in [-0.4, -0.2) is 41.0 Å². The molecule has 0 saturated heterocycles. The molecule has 7 nitrogen and oxygen atoms in total. The highest BCUT2D eigenvalue weighted by molar-refractivity contribution is 6.03. The molecule has 3 rings (SSSR count). The molecule has 4 N–H and O–H groups in total. The molecule has 1 aliphatic carbocycles. The molecule has 1 aromatic heterocycles. The first-order chi connectivity index (χ1) is 10.4. The fraction of sp³-hybridized carbons (Fsp3) is 0.667. The molecule has 1 aliphatic heterocycles. The van der Waals surface area contributed by atoms with E-state index in [-0.39, 0.29) is 48.7 Å². The monoisotopic (exact) mass is 376 g/mol. The largest absolute Gasteiger partial charge is 0.351 e. The van der Waals surface area contributed by atoms with Crippen LogP contribution < -0.4 is 21.3 Å². The van der Waals surface area contributed by atoms with Crippen molar-refractivity contribution >= 4 is 48.2 Å². The maximum atomic E-state index is 12.3. The Balaban J connectivity index is 0.00000144. The Hall–Kier alpha value is -1.31. The van der Waals surface area contributed by atoms with E-state index in [4.69, 9.17) is 5.73 Å². The summed E-state index contributed by atoms with van der Waals surface area (Å²) in [5.41, 5.74) is 7.30. The van der Waals surface area contributed by atoms with Crippen molar-refractivity contribution in [1.29, 1.82) is 0 Å². The summed E-state index contributed by atoms with van der Waals surface area (Å²) in [6.07, 6.45) is 1.89. The third-order valence-electron chi connectivity index (χ3n) is 4.48. The summed E-state index contributed by atoms with van der Waals surface area (Å²) in [5, 5.41) is 6.29. The predicted molar refractivity (Wildman–Crippen MR) is 102 cm³/mol. The number of carbonyl (C=O) groups is 1. The van der Waals surface area contributed by atoms with Gasteiger partial charge in [-0.3, -0.25) is 4.79 Å². The molecule has 1 atom stereocenters. The molecule has 9 heteroatoms. The fourth-order valence-electron chi connectivity index (χ4n) is 3.24. The highest BCUT2D eigenvalue weighted by Gasteiger charge is 2.35. The minimum Gasteiger partial charge on any atom is -0.351 e. The third-order valence-corrected chi connectivity index (χ3v) is 4.48. The SMILES string of the molecule is Cc1nc(NC2CC(N)C2)nc2c1NC(=O)C(C(C)C)N2C.Cl.Cl. The lowest BCUT2D eigenvalue weighted by molar-refractivity contribution is -0.118. The lowest BCUT2D eigenvalue weighted by atomic mass is 9.88. The summed E-state index contributed by atoms with van der Waals surface area (Å²) >= 11 is 0. The summed E-state index contributed by atoms with van der Waals surface area (Å²) in [7, 11) is 1.91. The standard InChI is InChI=1S/C15H24N6O.2ClH/c1-7(2)12-14(22)19-11-8(3)17-15(20-13(11)21(12)4)18-10-5-9(16)6-10;;/h7,9-10,12H,5-6,16H2,1-4H3,(H,19,22)(H,17,18,20);2*1H. The van der Waals surface area contributed by atoms with Crippen LogP contribution in [-0.2, 0) is 4.79 Å². The van der Waals surface area contributed by atoms with Gasteiger partial charge in [-0.15, -0.1) is 24.8 Å². The Bertz CT molecular complexity index is 606. The first-order valence-electron chi connectivity index (χ1n) is 7.81. The smallest absolute Gasteiger partial charge is 0.247 e. The molecule has 2 heterocycles. The van der Waals surface area contributed by atoms with Gasteiger partial charge in [0.2, 0.25) is 11.9 Å². The van der Waals surface area contributed by atoms with E-state index < -0.39 is 0 Å². The van der Waals surface area contributed by atoms with Crippen LogP contribution in [0.15, 0.2) is 0 Å². The molecule has 1 aromatic rings. The fourth-order valence-corrected chi connectivity index (χ4v) is 3.24. The average molecular weight is 377 g/mol. The van der Waals surface area contributed by atoms with Gasteiger partial charge < -0.3 is 21.3 Å². The molecule has 1 amide bonds. The van der Waals surface area contributed by atoms with E-state index in [0.717, 1.165) is 24.4 Å². The highest BCUT2D eigenvalue weighted by atomic mass is 35.5. The van der Waals surface area contributed by atoms with E-state index in [1.54, 1.807) is 0 Å². The van der Waals surface area contributed by atoms with E-state index in [2.05, 4.69) is 20.6 Å². The minimum atomic E-state index is -0.216. The Labute approximate surface area is 155 Å². The second-order valence-corrected chi connectivity index (χ2v) is 6.69. The van der Waals surface area contributed by atoms with Crippen LogP contribution in [0.25, 0.3) is 0 Å². The molecule has 0 spiro atoms. The molecule has 1 saturated carbocycles. The number of carbonyl (C=O) groups excluding carboxylic acids is 1. The number of nitrogens with one attached hydrogen (secondary N) is 2. The number of hydrogen-bond donors (Lipinski definition) is 3. The summed E-state index contributed by atoms with van der Waals surface area (Å²) < 4.78 is 0. The molecular weight excluding hydrogens is 351 g/mol. The van der Waals surface area contributed by atoms with Gasteiger partial charge in [0.1, 0.15) is 11.7 Å². The second-order valence-electron chi connectivity index (χ2n) is 6.69. The number of nitrogens with zero attached hydrogens (tertiary/aromatic N) is 3. The normalized spacial score (nSPS) is 25.0. The number of fused-ring (bicyclic) bond motifs is 1. The number of halogens is 2. The Morgan fingerprint density at radius 2 is 1.92 bits per heavy atom. The van der Waals surface area contributed by atoms with Gasteiger partial charge in [-0.2, -0.15) is 4.98 Å². The molecule has 0 radical (unpaired) electrons. The quantitative estimate of drug-likeness (QED) is 0.745. The van der Waals surface area contributed by atoms with Crippen LogP contribution in [0.2, 0.25) is 0 Å². The second kappa shape index (κ2) is 7.72. The van der Waals surface area contributed by atoms with E-state index in [0.29, 0.717) is 17.7 Å². The number of amides is 1. The topological polar surface area (TPSA) is 96.2 Å². The Morgan fingerprint density at radius 3 is 2.46 bits per heavy atom. The van der Waals surface area contributed by atoms with Gasteiger partial charge in [0.15, 0.2) is 5.82 Å². The number of rotatable bonds is 3. The Morgan fingerprint density at radius 1 is 1.29 bits per heavy atom. The number of aryl methyl sites for hydroxylation is 1. The van der Waals surface area contributed by atoms with Crippen molar-refractivity contribution in [2.24, 2.45) is 11.7 Å². The van der Waals surface area contributed by atoms with Crippen molar-refractivity contribution < 1.29 is 4.79 Å². The molecule has 24 heavy (non-hydrogen) atoms. The maximum Gasteiger partial charge on any atom is 0.247 e. The average Bonchev–Trinajstić information content (AvgIpc) is 2.38. The number of likely N-dealkylation sites (N-methyl/N-ethyl adjacent to an activating group) is 1. The summed E-state index contributed by atoms with van der Waals surface area (Å²) in [6.45, 7) is 5.96. The van der Waals surface area contributed by atoms with Crippen LogP contribution in [0, 0.1) is 12.8 Å². The zero-order valence-electron chi connectivity index (χ0n) is 14.4. The van der Waals surface area contributed by atoms with E-state index in [1.807, 2.05) is 32.7 Å². The van der Waals surface area contributed by atoms with Crippen LogP contribution in [0.5, 0.6) is 0 Å². The van der Waals surface area contributed by atoms with E-state index in [9.17, 15) is 4.79 Å². The lowest BCUT2D eigenvalue weighted by Gasteiger charge is -2.37. The Kier molecular flexibility index (Phi) is 6.67.